The van der Waals surface area contributed by atoms with Crippen molar-refractivity contribution in [1.82, 2.24) is 9.80 Å². The van der Waals surface area contributed by atoms with Gasteiger partial charge in [-0.2, -0.15) is 0 Å². The molecule has 0 aromatic heterocycles. The number of hydrogen-bond acceptors (Lipinski definition) is 3. The van der Waals surface area contributed by atoms with Gasteiger partial charge in [-0.05, 0) is 58.2 Å². The molecule has 3 nitrogen and oxygen atoms in total. The molecule has 2 aliphatic rings. The summed E-state index contributed by atoms with van der Waals surface area (Å²) in [6.45, 7) is 0. The van der Waals surface area contributed by atoms with Gasteiger partial charge in [0, 0.05) is 6.04 Å². The lowest BCUT2D eigenvalue weighted by Gasteiger charge is -2.52. The summed E-state index contributed by atoms with van der Waals surface area (Å²) in [6, 6.07) is 0.557. The Labute approximate surface area is 113 Å². The number of nitrogens with two attached hydrogens (primary N) is 1. The first-order valence-electron chi connectivity index (χ1n) is 7.39. The zero-order valence-electron chi connectivity index (χ0n) is 12.2. The Balaban J connectivity index is 2.17. The predicted molar refractivity (Wildman–Crippen MR) is 77.5 cm³/mol. The van der Waals surface area contributed by atoms with Crippen molar-refractivity contribution in [1.29, 1.82) is 0 Å². The molecule has 18 heavy (non-hydrogen) atoms. The first-order valence-corrected chi connectivity index (χ1v) is 7.39. The van der Waals surface area contributed by atoms with Gasteiger partial charge >= 0.3 is 0 Å². The first-order chi connectivity index (χ1) is 8.43. The minimum Gasteiger partial charge on any atom is -0.333 e. The summed E-state index contributed by atoms with van der Waals surface area (Å²) >= 11 is 0. The number of piperidine rings is 1. The molecule has 0 spiro atoms. The minimum atomic E-state index is -0.462. The molecule has 1 saturated carbocycles. The number of likely N-dealkylation sites (tertiary alicyclic amines) is 1. The van der Waals surface area contributed by atoms with E-state index >= 15 is 0 Å². The molecule has 0 aromatic rings. The Morgan fingerprint density at radius 1 is 1.17 bits per heavy atom. The molecule has 0 aromatic carbocycles. The van der Waals surface area contributed by atoms with E-state index in [9.17, 15) is 0 Å². The van der Waals surface area contributed by atoms with Gasteiger partial charge in [-0.3, -0.25) is 9.80 Å². The van der Waals surface area contributed by atoms with Crippen molar-refractivity contribution in [2.24, 2.45) is 11.7 Å². The number of fused-ring (bicyclic) bond motifs is 1. The Morgan fingerprint density at radius 2 is 1.89 bits per heavy atom. The van der Waals surface area contributed by atoms with Crippen LogP contribution in [-0.2, 0) is 0 Å². The summed E-state index contributed by atoms with van der Waals surface area (Å²) in [7, 11) is 13.0. The molecular weight excluding hydrogens is 221 g/mol. The predicted octanol–water partition coefficient (Wildman–Crippen LogP) is 1.37. The zero-order valence-corrected chi connectivity index (χ0v) is 12.2. The fraction of sp³-hybridized carbons (Fsp3) is 1.00. The molecule has 0 bridgehead atoms. The van der Waals surface area contributed by atoms with E-state index < -0.39 is 5.44 Å². The fourth-order valence-electron chi connectivity index (χ4n) is 4.03. The highest BCUT2D eigenvalue weighted by Crippen LogP contribution is 2.38. The Hall–Kier alpha value is -0.0551. The van der Waals surface area contributed by atoms with Gasteiger partial charge in [0.25, 0.3) is 0 Å². The Bertz CT molecular complexity index is 280. The molecule has 4 unspecified atom stereocenters. The third-order valence-corrected chi connectivity index (χ3v) is 5.09. The number of nitrogens with zero attached hydrogens (tertiary/aromatic N) is 2. The second-order valence-electron chi connectivity index (χ2n) is 6.57. The van der Waals surface area contributed by atoms with Crippen molar-refractivity contribution in [3.05, 3.63) is 0 Å². The van der Waals surface area contributed by atoms with Crippen molar-refractivity contribution >= 4 is 7.85 Å². The summed E-state index contributed by atoms with van der Waals surface area (Å²) in [6.07, 6.45) is 8.92. The Kier molecular flexibility index (Phi) is 4.40. The molecule has 2 N–H and O–H groups in total. The molecular formula is C14H28BN3. The van der Waals surface area contributed by atoms with Crippen molar-refractivity contribution in [3.63, 3.8) is 0 Å². The van der Waals surface area contributed by atoms with Crippen molar-refractivity contribution in [2.75, 3.05) is 21.1 Å². The smallest absolute Gasteiger partial charge is 0.0954 e. The van der Waals surface area contributed by atoms with Crippen LogP contribution in [0.5, 0.6) is 0 Å². The summed E-state index contributed by atoms with van der Waals surface area (Å²) in [5.74, 6) is 0.457. The van der Waals surface area contributed by atoms with E-state index in [0.717, 1.165) is 6.42 Å². The number of hydrogen-bond donors (Lipinski definition) is 1. The molecule has 1 aliphatic carbocycles. The van der Waals surface area contributed by atoms with Gasteiger partial charge in [0.15, 0.2) is 0 Å². The lowest BCUT2D eigenvalue weighted by atomic mass is 9.59. The largest absolute Gasteiger partial charge is 0.333 e. The van der Waals surface area contributed by atoms with E-state index in [-0.39, 0.29) is 0 Å². The topological polar surface area (TPSA) is 32.5 Å². The summed E-state index contributed by atoms with van der Waals surface area (Å²) < 4.78 is 0. The average Bonchev–Trinajstić information content (AvgIpc) is 2.27. The van der Waals surface area contributed by atoms with E-state index in [1.807, 2.05) is 0 Å². The van der Waals surface area contributed by atoms with Crippen LogP contribution in [0.15, 0.2) is 0 Å². The molecule has 2 fully saturated rings. The summed E-state index contributed by atoms with van der Waals surface area (Å²) in [5.41, 5.74) is 5.96. The lowest BCUT2D eigenvalue weighted by molar-refractivity contribution is -0.0270. The van der Waals surface area contributed by atoms with Crippen molar-refractivity contribution < 1.29 is 0 Å². The third kappa shape index (κ3) is 2.76. The van der Waals surface area contributed by atoms with Crippen molar-refractivity contribution in [2.45, 2.75) is 62.6 Å². The van der Waals surface area contributed by atoms with Crippen LogP contribution in [0.1, 0.15) is 44.9 Å². The maximum atomic E-state index is 6.42. The van der Waals surface area contributed by atoms with Gasteiger partial charge in [0.1, 0.15) is 0 Å². The van der Waals surface area contributed by atoms with Crippen LogP contribution in [-0.4, -0.2) is 56.4 Å². The maximum Gasteiger partial charge on any atom is 0.0954 e. The molecule has 102 valence electrons. The third-order valence-electron chi connectivity index (χ3n) is 5.09. The van der Waals surface area contributed by atoms with Crippen LogP contribution < -0.4 is 5.73 Å². The lowest BCUT2D eigenvalue weighted by Crippen LogP contribution is -2.62. The van der Waals surface area contributed by atoms with Gasteiger partial charge < -0.3 is 5.73 Å². The second-order valence-corrected chi connectivity index (χ2v) is 6.57. The van der Waals surface area contributed by atoms with Gasteiger partial charge in [0.2, 0.25) is 0 Å². The number of rotatable bonds is 1. The second kappa shape index (κ2) is 5.52. The molecule has 2 rings (SSSR count). The molecule has 2 radical (unpaired) electrons. The van der Waals surface area contributed by atoms with Gasteiger partial charge in [-0.1, -0.05) is 19.3 Å². The molecule has 4 heteroatoms. The van der Waals surface area contributed by atoms with Crippen LogP contribution in [0.4, 0.5) is 0 Å². The normalized spacial score (nSPS) is 43.3. The van der Waals surface area contributed by atoms with Crippen LogP contribution in [0.2, 0.25) is 0 Å². The van der Waals surface area contributed by atoms with Crippen LogP contribution >= 0.6 is 0 Å². The SMILES string of the molecule is [B]C1(N)CCCCCC2C1CCC(N(C)C)N2C. The highest BCUT2D eigenvalue weighted by Gasteiger charge is 2.43. The molecule has 4 atom stereocenters. The van der Waals surface area contributed by atoms with Gasteiger partial charge in [-0.15, -0.1) is 0 Å². The van der Waals surface area contributed by atoms with Gasteiger partial charge in [0.05, 0.1) is 14.0 Å². The van der Waals surface area contributed by atoms with Crippen LogP contribution in [0.3, 0.4) is 0 Å². The highest BCUT2D eigenvalue weighted by molar-refractivity contribution is 6.15. The molecule has 1 saturated heterocycles. The molecule has 1 aliphatic heterocycles. The van der Waals surface area contributed by atoms with E-state index in [1.54, 1.807) is 0 Å². The average molecular weight is 249 g/mol. The van der Waals surface area contributed by atoms with E-state index in [2.05, 4.69) is 30.9 Å². The summed E-state index contributed by atoms with van der Waals surface area (Å²) in [4.78, 5) is 4.84. The monoisotopic (exact) mass is 249 g/mol. The van der Waals surface area contributed by atoms with Crippen LogP contribution in [0, 0.1) is 5.92 Å². The quantitative estimate of drug-likeness (QED) is 0.712. The first kappa shape index (κ1) is 14.4. The van der Waals surface area contributed by atoms with Gasteiger partial charge in [-0.25, -0.2) is 0 Å². The Morgan fingerprint density at radius 3 is 2.56 bits per heavy atom. The standard InChI is InChI=1S/C14H28BN3/c1-17(2)13-9-8-11-12(18(13)3)7-5-4-6-10-14(11,15)16/h11-13H,4-10,16H2,1-3H3. The maximum absolute atomic E-state index is 6.42. The van der Waals surface area contributed by atoms with E-state index in [4.69, 9.17) is 13.6 Å². The molecule has 1 heterocycles. The van der Waals surface area contributed by atoms with Crippen LogP contribution in [0.25, 0.3) is 0 Å². The fourth-order valence-corrected chi connectivity index (χ4v) is 4.03. The molecule has 0 amide bonds. The van der Waals surface area contributed by atoms with E-state index in [1.165, 1.54) is 38.5 Å². The zero-order chi connectivity index (χ0) is 13.3. The highest BCUT2D eigenvalue weighted by atomic mass is 15.3. The van der Waals surface area contributed by atoms with Crippen molar-refractivity contribution in [3.8, 4) is 0 Å². The summed E-state index contributed by atoms with van der Waals surface area (Å²) in [5, 5.41) is 0. The van der Waals surface area contributed by atoms with E-state index in [0.29, 0.717) is 18.1 Å². The minimum absolute atomic E-state index is 0.457.